The number of sulfonamides is 1. The van der Waals surface area contributed by atoms with Crippen LogP contribution in [0.15, 0.2) is 33.4 Å². The van der Waals surface area contributed by atoms with Gasteiger partial charge in [-0.05, 0) is 19.1 Å². The van der Waals surface area contributed by atoms with Crippen LogP contribution in [0.2, 0.25) is 0 Å². The van der Waals surface area contributed by atoms with Gasteiger partial charge in [0.25, 0.3) is 10.0 Å². The maximum absolute atomic E-state index is 12.3. The quantitative estimate of drug-likeness (QED) is 0.911. The maximum atomic E-state index is 12.3. The fourth-order valence-electron chi connectivity index (χ4n) is 1.58. The Morgan fingerprint density at radius 2 is 2.16 bits per heavy atom. The van der Waals surface area contributed by atoms with Crippen molar-refractivity contribution in [1.82, 2.24) is 14.3 Å². The Morgan fingerprint density at radius 3 is 2.68 bits per heavy atom. The molecule has 2 rings (SSSR count). The molecule has 0 unspecified atom stereocenters. The van der Waals surface area contributed by atoms with E-state index in [9.17, 15) is 13.2 Å². The number of nitrogens with zero attached hydrogens (tertiary/aromatic N) is 2. The van der Waals surface area contributed by atoms with E-state index < -0.39 is 10.0 Å². The smallest absolute Gasteiger partial charge is 0.305 e. The summed E-state index contributed by atoms with van der Waals surface area (Å²) in [6, 6.07) is 5.31. The minimum absolute atomic E-state index is 0.0518. The van der Waals surface area contributed by atoms with Crippen LogP contribution in [-0.4, -0.2) is 29.7 Å². The first-order valence-corrected chi connectivity index (χ1v) is 7.73. The van der Waals surface area contributed by atoms with Gasteiger partial charge in [-0.15, -0.1) is 0 Å². The van der Waals surface area contributed by atoms with Crippen LogP contribution in [0.25, 0.3) is 0 Å². The average Bonchev–Trinajstić information content (AvgIpc) is 2.70. The number of rotatable bonds is 4. The fourth-order valence-corrected chi connectivity index (χ4v) is 4.21. The Labute approximate surface area is 114 Å². The molecule has 102 valence electrons. The van der Waals surface area contributed by atoms with Gasteiger partial charge in [-0.3, -0.25) is 9.78 Å². The number of H-pyrrole nitrogens is 1. The summed E-state index contributed by atoms with van der Waals surface area (Å²) in [4.78, 5) is 17.4. The van der Waals surface area contributed by atoms with Crippen LogP contribution < -0.4 is 4.87 Å². The summed E-state index contributed by atoms with van der Waals surface area (Å²) < 4.78 is 25.9. The summed E-state index contributed by atoms with van der Waals surface area (Å²) in [5.74, 6) is 0. The molecule has 0 aromatic carbocycles. The minimum Gasteiger partial charge on any atom is -0.315 e. The summed E-state index contributed by atoms with van der Waals surface area (Å²) in [6.45, 7) is 1.73. The van der Waals surface area contributed by atoms with Gasteiger partial charge in [0.15, 0.2) is 4.21 Å². The van der Waals surface area contributed by atoms with E-state index in [2.05, 4.69) is 9.97 Å². The summed E-state index contributed by atoms with van der Waals surface area (Å²) >= 11 is 0.699. The van der Waals surface area contributed by atoms with Crippen molar-refractivity contribution < 1.29 is 8.42 Å². The molecule has 0 saturated heterocycles. The first-order valence-electron chi connectivity index (χ1n) is 5.47. The van der Waals surface area contributed by atoms with E-state index in [-0.39, 0.29) is 15.6 Å². The number of aryl methyl sites for hydroxylation is 1. The van der Waals surface area contributed by atoms with E-state index in [0.717, 1.165) is 0 Å². The van der Waals surface area contributed by atoms with Crippen molar-refractivity contribution in [1.29, 1.82) is 0 Å². The predicted molar refractivity (Wildman–Crippen MR) is 72.6 cm³/mol. The Balaban J connectivity index is 2.30. The first-order chi connectivity index (χ1) is 8.91. The molecule has 2 aromatic rings. The number of hydrogen-bond donors (Lipinski definition) is 1. The van der Waals surface area contributed by atoms with Crippen LogP contribution >= 0.6 is 11.3 Å². The highest BCUT2D eigenvalue weighted by Gasteiger charge is 2.25. The molecule has 0 amide bonds. The molecule has 0 aliphatic heterocycles. The van der Waals surface area contributed by atoms with Crippen LogP contribution in [0.1, 0.15) is 11.4 Å². The molecule has 0 radical (unpaired) electrons. The third-order valence-electron chi connectivity index (χ3n) is 2.54. The lowest BCUT2D eigenvalue weighted by molar-refractivity contribution is 0.463. The molecule has 0 aliphatic rings. The van der Waals surface area contributed by atoms with Crippen molar-refractivity contribution >= 4 is 21.4 Å². The monoisotopic (exact) mass is 299 g/mol. The van der Waals surface area contributed by atoms with Crippen LogP contribution in [0.5, 0.6) is 0 Å². The second kappa shape index (κ2) is 5.24. The Kier molecular flexibility index (Phi) is 3.83. The molecule has 0 saturated carbocycles. The molecule has 2 heterocycles. The van der Waals surface area contributed by atoms with Gasteiger partial charge < -0.3 is 4.98 Å². The van der Waals surface area contributed by atoms with Crippen molar-refractivity contribution in [3.8, 4) is 0 Å². The van der Waals surface area contributed by atoms with Gasteiger partial charge in [0, 0.05) is 18.9 Å². The SMILES string of the molecule is Cc1[nH]c(=O)sc1S(=O)(=O)N(C)Cc1ccccn1. The molecule has 0 atom stereocenters. The van der Waals surface area contributed by atoms with E-state index in [1.807, 2.05) is 0 Å². The molecular weight excluding hydrogens is 286 g/mol. The van der Waals surface area contributed by atoms with Gasteiger partial charge in [0.1, 0.15) is 0 Å². The number of aromatic amines is 1. The zero-order valence-electron chi connectivity index (χ0n) is 10.5. The van der Waals surface area contributed by atoms with E-state index in [0.29, 0.717) is 22.7 Å². The zero-order valence-corrected chi connectivity index (χ0v) is 12.1. The Bertz CT molecular complexity index is 719. The molecule has 2 aromatic heterocycles. The van der Waals surface area contributed by atoms with E-state index in [1.54, 1.807) is 31.3 Å². The van der Waals surface area contributed by atoms with Crippen molar-refractivity contribution in [3.05, 3.63) is 45.5 Å². The molecule has 6 nitrogen and oxygen atoms in total. The molecule has 19 heavy (non-hydrogen) atoms. The second-order valence-corrected chi connectivity index (χ2v) is 7.23. The van der Waals surface area contributed by atoms with Gasteiger partial charge in [-0.2, -0.15) is 4.31 Å². The molecule has 0 fully saturated rings. The van der Waals surface area contributed by atoms with Crippen LogP contribution in [0.4, 0.5) is 0 Å². The highest BCUT2D eigenvalue weighted by atomic mass is 32.2. The van der Waals surface area contributed by atoms with Gasteiger partial charge in [0.05, 0.1) is 12.2 Å². The summed E-state index contributed by atoms with van der Waals surface area (Å²) in [5.41, 5.74) is 1.01. The lowest BCUT2D eigenvalue weighted by Gasteiger charge is -2.15. The van der Waals surface area contributed by atoms with Gasteiger partial charge in [-0.25, -0.2) is 8.42 Å². The van der Waals surface area contributed by atoms with Crippen LogP contribution in [0, 0.1) is 6.92 Å². The zero-order chi connectivity index (χ0) is 14.0. The number of nitrogens with one attached hydrogen (secondary N) is 1. The third-order valence-corrected chi connectivity index (χ3v) is 5.92. The highest BCUT2D eigenvalue weighted by molar-refractivity contribution is 7.91. The van der Waals surface area contributed by atoms with E-state index >= 15 is 0 Å². The van der Waals surface area contributed by atoms with Crippen molar-refractivity contribution in [2.75, 3.05) is 7.05 Å². The van der Waals surface area contributed by atoms with E-state index in [4.69, 9.17) is 0 Å². The second-order valence-electron chi connectivity index (χ2n) is 4.01. The van der Waals surface area contributed by atoms with Gasteiger partial charge >= 0.3 is 4.87 Å². The van der Waals surface area contributed by atoms with E-state index in [1.165, 1.54) is 11.4 Å². The molecule has 8 heteroatoms. The molecular formula is C11H13N3O3S2. The van der Waals surface area contributed by atoms with Crippen molar-refractivity contribution in [2.45, 2.75) is 17.7 Å². The standard InChI is InChI=1S/C11H13N3O3S2/c1-8-10(18-11(15)13-8)19(16,17)14(2)7-9-5-3-4-6-12-9/h3-6H,7H2,1-2H3,(H,13,15). The number of aromatic nitrogens is 2. The van der Waals surface area contributed by atoms with Gasteiger partial charge in [0.2, 0.25) is 0 Å². The normalized spacial score (nSPS) is 11.9. The summed E-state index contributed by atoms with van der Waals surface area (Å²) in [5, 5.41) is 0. The summed E-state index contributed by atoms with van der Waals surface area (Å²) in [6.07, 6.45) is 1.61. The Hall–Kier alpha value is -1.51. The Morgan fingerprint density at radius 1 is 1.42 bits per heavy atom. The topological polar surface area (TPSA) is 83.1 Å². The fraction of sp³-hybridized carbons (Fsp3) is 0.273. The average molecular weight is 299 g/mol. The summed E-state index contributed by atoms with van der Waals surface area (Å²) in [7, 11) is -2.20. The van der Waals surface area contributed by atoms with Crippen LogP contribution in [0.3, 0.4) is 0 Å². The van der Waals surface area contributed by atoms with Crippen molar-refractivity contribution in [2.24, 2.45) is 0 Å². The molecule has 0 spiro atoms. The number of hydrogen-bond acceptors (Lipinski definition) is 5. The predicted octanol–water partition coefficient (Wildman–Crippen LogP) is 0.961. The highest BCUT2D eigenvalue weighted by Crippen LogP contribution is 2.21. The van der Waals surface area contributed by atoms with Gasteiger partial charge in [-0.1, -0.05) is 17.4 Å². The minimum atomic E-state index is -3.67. The third kappa shape index (κ3) is 2.91. The lowest BCUT2D eigenvalue weighted by atomic mass is 10.3. The molecule has 0 aliphatic carbocycles. The van der Waals surface area contributed by atoms with Crippen molar-refractivity contribution in [3.63, 3.8) is 0 Å². The first kappa shape index (κ1) is 13.9. The lowest BCUT2D eigenvalue weighted by Crippen LogP contribution is -2.26. The largest absolute Gasteiger partial charge is 0.315 e. The van der Waals surface area contributed by atoms with Crippen LogP contribution in [-0.2, 0) is 16.6 Å². The molecule has 1 N–H and O–H groups in total. The maximum Gasteiger partial charge on any atom is 0.305 e. The molecule has 0 bridgehead atoms. The number of pyridine rings is 1. The number of thiazole rings is 1.